The summed E-state index contributed by atoms with van der Waals surface area (Å²) in [5, 5.41) is 12.0. The number of aryl methyl sites for hydroxylation is 3. The minimum Gasteiger partial charge on any atom is -0.478 e. The fraction of sp³-hybridized carbons (Fsp3) is 0.300. The summed E-state index contributed by atoms with van der Waals surface area (Å²) < 4.78 is 0. The van der Waals surface area contributed by atoms with Crippen LogP contribution in [0.5, 0.6) is 0 Å². The van der Waals surface area contributed by atoms with Gasteiger partial charge in [0.2, 0.25) is 5.91 Å². The molecule has 2 N–H and O–H groups in total. The highest BCUT2D eigenvalue weighted by atomic mass is 32.2. The van der Waals surface area contributed by atoms with Crippen molar-refractivity contribution < 1.29 is 19.5 Å². The maximum Gasteiger partial charge on any atom is 0.337 e. The highest BCUT2D eigenvalue weighted by molar-refractivity contribution is 7.99. The third-order valence-corrected chi connectivity index (χ3v) is 5.77. The van der Waals surface area contributed by atoms with E-state index in [1.54, 1.807) is 6.92 Å². The van der Waals surface area contributed by atoms with Crippen molar-refractivity contribution in [3.63, 3.8) is 0 Å². The van der Waals surface area contributed by atoms with Gasteiger partial charge < -0.3 is 15.3 Å². The number of thioether (sulfide) groups is 1. The van der Waals surface area contributed by atoms with E-state index < -0.39 is 12.0 Å². The molecule has 0 saturated carbocycles. The van der Waals surface area contributed by atoms with Crippen molar-refractivity contribution in [1.29, 1.82) is 0 Å². The van der Waals surface area contributed by atoms with E-state index in [1.165, 1.54) is 28.8 Å². The van der Waals surface area contributed by atoms with Gasteiger partial charge in [0, 0.05) is 11.4 Å². The molecule has 1 aliphatic rings. The number of carboxylic acids is 1. The van der Waals surface area contributed by atoms with Crippen LogP contribution in [0.3, 0.4) is 0 Å². The quantitative estimate of drug-likeness (QED) is 0.820. The number of hydrogen-bond donors (Lipinski definition) is 2. The van der Waals surface area contributed by atoms with Crippen LogP contribution in [0, 0.1) is 20.8 Å². The van der Waals surface area contributed by atoms with Gasteiger partial charge in [0.25, 0.3) is 5.91 Å². The Bertz CT molecular complexity index is 960. The predicted molar refractivity (Wildman–Crippen MR) is 108 cm³/mol. The molecule has 7 nitrogen and oxygen atoms in total. The second-order valence-electron chi connectivity index (χ2n) is 6.71. The first-order valence-electron chi connectivity index (χ1n) is 8.75. The molecule has 2 amide bonds. The molecule has 0 bridgehead atoms. The summed E-state index contributed by atoms with van der Waals surface area (Å²) in [6.07, 6.45) is 0. The molecule has 28 heavy (non-hydrogen) atoms. The first-order valence-corrected chi connectivity index (χ1v) is 9.91. The number of benzene rings is 1. The van der Waals surface area contributed by atoms with Crippen LogP contribution in [0.4, 0.5) is 5.69 Å². The third-order valence-electron chi connectivity index (χ3n) is 4.76. The second-order valence-corrected chi connectivity index (χ2v) is 7.71. The van der Waals surface area contributed by atoms with Gasteiger partial charge in [0.15, 0.2) is 0 Å². The molecule has 146 valence electrons. The number of carbonyl (C=O) groups is 3. The molecular weight excluding hydrogens is 378 g/mol. The molecule has 1 unspecified atom stereocenters. The van der Waals surface area contributed by atoms with Crippen molar-refractivity contribution in [2.45, 2.75) is 26.8 Å². The molecular formula is C20H21N3O4S. The number of carbonyl (C=O) groups excluding carboxylic acids is 2. The highest BCUT2D eigenvalue weighted by Gasteiger charge is 2.36. The molecule has 0 radical (unpaired) electrons. The Kier molecular flexibility index (Phi) is 5.69. The predicted octanol–water partition coefficient (Wildman–Crippen LogP) is 2.86. The summed E-state index contributed by atoms with van der Waals surface area (Å²) in [6.45, 7) is 5.52. The zero-order valence-electron chi connectivity index (χ0n) is 15.9. The van der Waals surface area contributed by atoms with Crippen LogP contribution in [-0.2, 0) is 4.79 Å². The number of hydrogen-bond acceptors (Lipinski definition) is 5. The van der Waals surface area contributed by atoms with Crippen LogP contribution in [0.2, 0.25) is 0 Å². The molecule has 0 spiro atoms. The maximum atomic E-state index is 12.9. The van der Waals surface area contributed by atoms with Gasteiger partial charge in [-0.1, -0.05) is 6.07 Å². The van der Waals surface area contributed by atoms with Crippen LogP contribution in [0.25, 0.3) is 0 Å². The van der Waals surface area contributed by atoms with Gasteiger partial charge in [-0.05, 0) is 56.2 Å². The number of nitrogens with one attached hydrogen (secondary N) is 1. The van der Waals surface area contributed by atoms with Crippen LogP contribution < -0.4 is 5.32 Å². The lowest BCUT2D eigenvalue weighted by molar-refractivity contribution is -0.119. The largest absolute Gasteiger partial charge is 0.478 e. The molecule has 8 heteroatoms. The number of pyridine rings is 1. The second kappa shape index (κ2) is 8.02. The van der Waals surface area contributed by atoms with E-state index in [1.807, 2.05) is 32.0 Å². The topological polar surface area (TPSA) is 99.6 Å². The smallest absolute Gasteiger partial charge is 0.337 e. The van der Waals surface area contributed by atoms with E-state index in [-0.39, 0.29) is 28.8 Å². The summed E-state index contributed by atoms with van der Waals surface area (Å²) in [5.74, 6) is -0.850. The maximum absolute atomic E-state index is 12.9. The SMILES string of the molecule is Cc1ccc(NC(=O)C2CSCN2C(=O)c2ccc(C(=O)O)c(C)n2)cc1C. The van der Waals surface area contributed by atoms with Gasteiger partial charge in [-0.25, -0.2) is 9.78 Å². The minimum absolute atomic E-state index is 0.0522. The molecule has 1 aliphatic heterocycles. The fourth-order valence-electron chi connectivity index (χ4n) is 2.96. The Morgan fingerprint density at radius 2 is 1.89 bits per heavy atom. The molecule has 1 atom stereocenters. The molecule has 3 rings (SSSR count). The first-order chi connectivity index (χ1) is 13.3. The van der Waals surface area contributed by atoms with Crippen LogP contribution in [-0.4, -0.2) is 50.4 Å². The van der Waals surface area contributed by atoms with Crippen molar-refractivity contribution in [2.24, 2.45) is 0 Å². The average Bonchev–Trinajstić information content (AvgIpc) is 3.13. The Labute approximate surface area is 167 Å². The Hall–Kier alpha value is -2.87. The van der Waals surface area contributed by atoms with Crippen LogP contribution in [0.15, 0.2) is 30.3 Å². The van der Waals surface area contributed by atoms with Gasteiger partial charge in [-0.2, -0.15) is 0 Å². The average molecular weight is 399 g/mol. The van der Waals surface area contributed by atoms with E-state index >= 15 is 0 Å². The van der Waals surface area contributed by atoms with Crippen molar-refractivity contribution in [3.8, 4) is 0 Å². The standard InChI is InChI=1S/C20H21N3O4S/c1-11-4-5-14(8-12(11)2)22-18(24)17-9-28-10-23(17)19(25)16-7-6-15(20(26)27)13(3)21-16/h4-8,17H,9-10H2,1-3H3,(H,22,24)(H,26,27). The molecule has 2 heterocycles. The Morgan fingerprint density at radius 1 is 1.14 bits per heavy atom. The lowest BCUT2D eigenvalue weighted by atomic mass is 10.1. The van der Waals surface area contributed by atoms with Gasteiger partial charge in [0.05, 0.1) is 17.1 Å². The van der Waals surface area contributed by atoms with Crippen molar-refractivity contribution in [3.05, 3.63) is 58.4 Å². The summed E-state index contributed by atoms with van der Waals surface area (Å²) in [4.78, 5) is 42.3. The van der Waals surface area contributed by atoms with E-state index in [4.69, 9.17) is 5.11 Å². The van der Waals surface area contributed by atoms with Crippen molar-refractivity contribution >= 4 is 35.2 Å². The molecule has 1 aromatic heterocycles. The highest BCUT2D eigenvalue weighted by Crippen LogP contribution is 2.25. The number of carboxylic acid groups (broad SMARTS) is 1. The van der Waals surface area contributed by atoms with Gasteiger partial charge in [0.1, 0.15) is 11.7 Å². The first kappa shape index (κ1) is 19.9. The van der Waals surface area contributed by atoms with Crippen molar-refractivity contribution in [1.82, 2.24) is 9.88 Å². The molecule has 2 aromatic rings. The van der Waals surface area contributed by atoms with Gasteiger partial charge >= 0.3 is 5.97 Å². The number of aromatic nitrogens is 1. The third kappa shape index (κ3) is 4.01. The van der Waals surface area contributed by atoms with E-state index in [9.17, 15) is 14.4 Å². The lowest BCUT2D eigenvalue weighted by Gasteiger charge is -2.23. The van der Waals surface area contributed by atoms with Crippen molar-refractivity contribution in [2.75, 3.05) is 16.9 Å². The zero-order chi connectivity index (χ0) is 20.4. The number of amides is 2. The van der Waals surface area contributed by atoms with Crippen LogP contribution in [0.1, 0.15) is 37.7 Å². The molecule has 1 fully saturated rings. The summed E-state index contributed by atoms with van der Waals surface area (Å²) in [6, 6.07) is 7.82. The summed E-state index contributed by atoms with van der Waals surface area (Å²) in [5.41, 5.74) is 3.35. The van der Waals surface area contributed by atoms with E-state index in [2.05, 4.69) is 10.3 Å². The number of rotatable bonds is 4. The Balaban J connectivity index is 1.77. The van der Waals surface area contributed by atoms with E-state index in [0.29, 0.717) is 17.3 Å². The summed E-state index contributed by atoms with van der Waals surface area (Å²) in [7, 11) is 0. The van der Waals surface area contributed by atoms with Gasteiger partial charge in [-0.15, -0.1) is 11.8 Å². The lowest BCUT2D eigenvalue weighted by Crippen LogP contribution is -2.44. The normalized spacial score (nSPS) is 16.1. The van der Waals surface area contributed by atoms with E-state index in [0.717, 1.165) is 11.1 Å². The van der Waals surface area contributed by atoms with Crippen LogP contribution >= 0.6 is 11.8 Å². The number of aromatic carboxylic acids is 1. The zero-order valence-corrected chi connectivity index (χ0v) is 16.7. The molecule has 0 aliphatic carbocycles. The number of nitrogens with zero attached hydrogens (tertiary/aromatic N) is 2. The fourth-order valence-corrected chi connectivity index (χ4v) is 4.11. The Morgan fingerprint density at radius 3 is 2.54 bits per heavy atom. The molecule has 1 aromatic carbocycles. The summed E-state index contributed by atoms with van der Waals surface area (Å²) >= 11 is 1.49. The van der Waals surface area contributed by atoms with Gasteiger partial charge in [-0.3, -0.25) is 9.59 Å². The number of anilines is 1. The minimum atomic E-state index is -1.09. The monoisotopic (exact) mass is 399 g/mol. The molecule has 1 saturated heterocycles.